The molecule has 0 unspecified atom stereocenters. The summed E-state index contributed by atoms with van der Waals surface area (Å²) in [4.78, 5) is 0. The van der Waals surface area contributed by atoms with Gasteiger partial charge in [0, 0.05) is 32.4 Å². The molecule has 2 rings (SSSR count). The monoisotopic (exact) mass is 750 g/mol. The third-order valence-electron chi connectivity index (χ3n) is 6.61. The first-order valence-electron chi connectivity index (χ1n) is 14.6. The van der Waals surface area contributed by atoms with Crippen molar-refractivity contribution in [2.75, 3.05) is 10.6 Å². The summed E-state index contributed by atoms with van der Waals surface area (Å²) >= 11 is 19.7. The summed E-state index contributed by atoms with van der Waals surface area (Å²) in [6, 6.07) is 16.6. The molecule has 0 aliphatic rings. The van der Waals surface area contributed by atoms with Gasteiger partial charge in [0.25, 0.3) is 0 Å². The predicted octanol–water partition coefficient (Wildman–Crippen LogP) is 10.4. The molecule has 0 bridgehead atoms. The van der Waals surface area contributed by atoms with Crippen molar-refractivity contribution in [2.45, 2.75) is 117 Å². The number of thiocarbonyl (C=S) groups is 2. The van der Waals surface area contributed by atoms with Crippen LogP contribution < -0.4 is 10.6 Å². The molecule has 0 radical (unpaired) electrons. The van der Waals surface area contributed by atoms with Gasteiger partial charge in [0.2, 0.25) is 0 Å². The summed E-state index contributed by atoms with van der Waals surface area (Å²) in [5.74, 6) is 0. The van der Waals surface area contributed by atoms with Crippen LogP contribution in [-0.2, 0) is 86.2 Å². The Morgan fingerprint density at radius 3 is 1.15 bits per heavy atom. The van der Waals surface area contributed by atoms with Crippen molar-refractivity contribution < 1.29 is 21.1 Å². The Kier molecular flexibility index (Phi) is 34.9. The van der Waals surface area contributed by atoms with Crippen LogP contribution in [0.4, 0.5) is 11.4 Å². The van der Waals surface area contributed by atoms with Gasteiger partial charge in [-0.3, -0.25) is 0 Å². The van der Waals surface area contributed by atoms with Crippen LogP contribution >= 0.6 is 24.4 Å². The van der Waals surface area contributed by atoms with E-state index in [9.17, 15) is 0 Å². The Hall–Kier alpha value is 0.0483. The molecule has 234 valence electrons. The third kappa shape index (κ3) is 25.1. The standard InChI is InChI=1S/2C16H25NS2.Mo.2S/c2*1-2-3-4-5-6-7-8-11-14-12-9-10-13-15(14)17-16(18)19;;;/h2*9-10,12-13H,2-8,11H2,1H3,(H2,17,18,19);;;/q;;;2*-2/p-2. The average molecular weight is 749 g/mol. The fraction of sp³-hybridized carbons (Fsp3) is 0.562. The van der Waals surface area contributed by atoms with Gasteiger partial charge in [0.1, 0.15) is 0 Å². The molecule has 2 aromatic carbocycles. The summed E-state index contributed by atoms with van der Waals surface area (Å²) in [7, 11) is 0. The van der Waals surface area contributed by atoms with Crippen molar-refractivity contribution in [1.29, 1.82) is 0 Å². The molecule has 0 aliphatic carbocycles. The first-order valence-corrected chi connectivity index (χ1v) is 16.2. The van der Waals surface area contributed by atoms with Crippen LogP contribution in [0, 0.1) is 0 Å². The molecule has 2 N–H and O–H groups in total. The molecule has 41 heavy (non-hydrogen) atoms. The van der Waals surface area contributed by atoms with E-state index in [1.54, 1.807) is 0 Å². The van der Waals surface area contributed by atoms with Gasteiger partial charge in [0.15, 0.2) is 0 Å². The summed E-state index contributed by atoms with van der Waals surface area (Å²) in [5.41, 5.74) is 4.80. The number of nitrogens with one attached hydrogen (secondary N) is 2. The summed E-state index contributed by atoms with van der Waals surface area (Å²) in [5, 5.41) is 6.18. The van der Waals surface area contributed by atoms with E-state index in [1.165, 1.54) is 101 Å². The maximum atomic E-state index is 4.94. The van der Waals surface area contributed by atoms with Gasteiger partial charge in [-0.15, -0.1) is 0 Å². The summed E-state index contributed by atoms with van der Waals surface area (Å²) in [6.07, 6.45) is 21.0. The molecule has 0 saturated heterocycles. The van der Waals surface area contributed by atoms with Crippen molar-refractivity contribution in [2.24, 2.45) is 0 Å². The van der Waals surface area contributed by atoms with E-state index in [0.29, 0.717) is 8.64 Å². The van der Waals surface area contributed by atoms with Crippen LogP contribution in [-0.4, -0.2) is 8.64 Å². The second kappa shape index (κ2) is 31.5. The molecule has 0 spiro atoms. The fourth-order valence-electron chi connectivity index (χ4n) is 4.49. The van der Waals surface area contributed by atoms with Gasteiger partial charge in [-0.2, -0.15) is 0 Å². The topological polar surface area (TPSA) is 24.1 Å². The van der Waals surface area contributed by atoms with E-state index in [0.717, 1.165) is 24.2 Å². The second-order valence-corrected chi connectivity index (χ2v) is 12.0. The van der Waals surface area contributed by atoms with E-state index in [2.05, 4.69) is 60.9 Å². The summed E-state index contributed by atoms with van der Waals surface area (Å²) < 4.78 is 0.846. The van der Waals surface area contributed by atoms with Crippen LogP contribution in [0.5, 0.6) is 0 Å². The van der Waals surface area contributed by atoms with E-state index >= 15 is 0 Å². The molecule has 0 fully saturated rings. The van der Waals surface area contributed by atoms with Crippen LogP contribution in [0.3, 0.4) is 0 Å². The molecule has 0 aliphatic heterocycles. The van der Waals surface area contributed by atoms with Crippen molar-refractivity contribution >= 4 is 96.7 Å². The Balaban J connectivity index is -0.000000656. The van der Waals surface area contributed by atoms with Crippen molar-refractivity contribution in [3.8, 4) is 0 Å². The Morgan fingerprint density at radius 1 is 0.537 bits per heavy atom. The molecule has 0 heterocycles. The van der Waals surface area contributed by atoms with Gasteiger partial charge >= 0.3 is 0 Å². The predicted molar refractivity (Wildman–Crippen MR) is 198 cm³/mol. The van der Waals surface area contributed by atoms with E-state index in [-0.39, 0.29) is 48.1 Å². The zero-order chi connectivity index (χ0) is 27.8. The molecule has 0 amide bonds. The quantitative estimate of drug-likeness (QED) is 0.0682. The molecule has 0 saturated carbocycles. The minimum absolute atomic E-state index is 0. The number of rotatable bonds is 18. The normalized spacial score (nSPS) is 9.61. The number of hydrogen-bond donors (Lipinski definition) is 2. The molecule has 0 atom stereocenters. The van der Waals surface area contributed by atoms with Gasteiger partial charge in [-0.25, -0.2) is 0 Å². The Morgan fingerprint density at radius 2 is 0.829 bits per heavy atom. The number of hydrogen-bond acceptors (Lipinski definition) is 4. The van der Waals surface area contributed by atoms with Crippen molar-refractivity contribution in [1.82, 2.24) is 0 Å². The molecule has 0 aromatic heterocycles. The average Bonchev–Trinajstić information content (AvgIpc) is 2.89. The number of anilines is 2. The van der Waals surface area contributed by atoms with Crippen LogP contribution in [0.25, 0.3) is 0 Å². The van der Waals surface area contributed by atoms with E-state index in [4.69, 9.17) is 49.7 Å². The molecular formula is C32H48MoN2S6-6. The second-order valence-electron chi connectivity index (χ2n) is 9.88. The van der Waals surface area contributed by atoms with E-state index in [1.807, 2.05) is 12.1 Å². The zero-order valence-corrected chi connectivity index (χ0v) is 31.7. The largest absolute Gasteiger partial charge is 2.00 e. The minimum atomic E-state index is 0. The molecule has 2 aromatic rings. The van der Waals surface area contributed by atoms with Gasteiger partial charge < -0.3 is 87.3 Å². The Labute approximate surface area is 302 Å². The van der Waals surface area contributed by atoms with Crippen molar-refractivity contribution in [3.05, 3.63) is 59.7 Å². The smallest absolute Gasteiger partial charge is 0.0403 e. The third-order valence-corrected chi connectivity index (χ3v) is 7.02. The summed E-state index contributed by atoms with van der Waals surface area (Å²) in [6.45, 7) is 4.51. The first kappa shape index (κ1) is 45.5. The first-order chi connectivity index (χ1) is 18.5. The van der Waals surface area contributed by atoms with Gasteiger partial charge in [-0.05, 0) is 48.9 Å². The Bertz CT molecular complexity index is 840. The maximum absolute atomic E-state index is 4.94. The molecular weight excluding hydrogens is 701 g/mol. The molecule has 9 heteroatoms. The van der Waals surface area contributed by atoms with Crippen LogP contribution in [0.1, 0.15) is 115 Å². The number of aryl methyl sites for hydroxylation is 2. The van der Waals surface area contributed by atoms with Crippen LogP contribution in [0.15, 0.2) is 48.5 Å². The SMILES string of the molecule is CCCCCCCCCc1ccccc1NC(=S)[S-].CCCCCCCCCc1ccccc1NC(=S)[S-].[Mo].[S-2].[S-2]. The van der Waals surface area contributed by atoms with Crippen LogP contribution in [0.2, 0.25) is 0 Å². The van der Waals surface area contributed by atoms with Crippen molar-refractivity contribution in [3.63, 3.8) is 0 Å². The fourth-order valence-corrected chi connectivity index (χ4v) is 4.93. The molecule has 2 nitrogen and oxygen atoms in total. The van der Waals surface area contributed by atoms with Gasteiger partial charge in [-0.1, -0.05) is 136 Å². The maximum Gasteiger partial charge on any atom is 0.0403 e. The number of para-hydroxylation sites is 2. The minimum Gasteiger partial charge on any atom is -2.00 e. The zero-order valence-electron chi connectivity index (χ0n) is 24.8. The van der Waals surface area contributed by atoms with Gasteiger partial charge in [0.05, 0.1) is 0 Å². The number of benzene rings is 2. The van der Waals surface area contributed by atoms with E-state index < -0.39 is 0 Å². The number of unbranched alkanes of at least 4 members (excludes halogenated alkanes) is 12.